The van der Waals surface area contributed by atoms with Crippen LogP contribution in [0.5, 0.6) is 0 Å². The molecule has 0 aliphatic rings. The van der Waals surface area contributed by atoms with Gasteiger partial charge in [0.25, 0.3) is 0 Å². The van der Waals surface area contributed by atoms with Crippen LogP contribution in [-0.2, 0) is 0 Å². The molecule has 0 spiro atoms. The van der Waals surface area contributed by atoms with E-state index in [2.05, 4.69) is 38.2 Å². The van der Waals surface area contributed by atoms with Crippen molar-refractivity contribution in [1.29, 1.82) is 0 Å². The van der Waals surface area contributed by atoms with Crippen molar-refractivity contribution in [1.82, 2.24) is 0 Å². The van der Waals surface area contributed by atoms with E-state index in [1.54, 1.807) is 0 Å². The van der Waals surface area contributed by atoms with Crippen LogP contribution in [0.2, 0.25) is 0 Å². The monoisotopic (exact) mass is 334 g/mol. The highest BCUT2D eigenvalue weighted by Gasteiger charge is 1.92. The Hall–Kier alpha value is -0.520. The molecule has 0 aromatic rings. The molecule has 0 amide bonds. The molecule has 0 aromatic heterocycles. The maximum absolute atomic E-state index is 2.38. The fourth-order valence-corrected chi connectivity index (χ4v) is 3.12. The van der Waals surface area contributed by atoms with Gasteiger partial charge in [0, 0.05) is 0 Å². The summed E-state index contributed by atoms with van der Waals surface area (Å²) in [6, 6.07) is 0. The molecule has 0 heteroatoms. The van der Waals surface area contributed by atoms with Gasteiger partial charge in [0.15, 0.2) is 0 Å². The molecular formula is C24H46. The summed E-state index contributed by atoms with van der Waals surface area (Å²) in [6.07, 6.45) is 34.4. The molecule has 0 bridgehead atoms. The summed E-state index contributed by atoms with van der Waals surface area (Å²) in [5.74, 6) is 0. The molecule has 0 radical (unpaired) electrons. The quantitative estimate of drug-likeness (QED) is 0.163. The first-order valence-electron chi connectivity index (χ1n) is 11.2. The Labute approximate surface area is 154 Å². The van der Waals surface area contributed by atoms with Crippen LogP contribution in [0, 0.1) is 0 Å². The SMILES string of the molecule is CCCCC/C=C/C/C=C/CCCCCCCCCCCCCC. The Morgan fingerprint density at radius 3 is 1.17 bits per heavy atom. The van der Waals surface area contributed by atoms with Crippen molar-refractivity contribution in [2.75, 3.05) is 0 Å². The van der Waals surface area contributed by atoms with Crippen molar-refractivity contribution in [3.05, 3.63) is 24.3 Å². The summed E-state index contributed by atoms with van der Waals surface area (Å²) in [5.41, 5.74) is 0. The van der Waals surface area contributed by atoms with E-state index in [0.29, 0.717) is 0 Å². The van der Waals surface area contributed by atoms with E-state index in [0.717, 1.165) is 6.42 Å². The van der Waals surface area contributed by atoms with Crippen molar-refractivity contribution in [2.24, 2.45) is 0 Å². The highest BCUT2D eigenvalue weighted by molar-refractivity contribution is 4.92. The molecule has 0 N–H and O–H groups in total. The number of hydrogen-bond acceptors (Lipinski definition) is 0. The van der Waals surface area contributed by atoms with Crippen molar-refractivity contribution in [2.45, 2.75) is 129 Å². The Balaban J connectivity index is 3.10. The van der Waals surface area contributed by atoms with Gasteiger partial charge in [-0.1, -0.05) is 122 Å². The lowest BCUT2D eigenvalue weighted by atomic mass is 10.0. The number of hydrogen-bond donors (Lipinski definition) is 0. The van der Waals surface area contributed by atoms with Crippen LogP contribution in [0.25, 0.3) is 0 Å². The van der Waals surface area contributed by atoms with Crippen molar-refractivity contribution < 1.29 is 0 Å². The molecule has 0 saturated heterocycles. The molecule has 142 valence electrons. The van der Waals surface area contributed by atoms with E-state index >= 15 is 0 Å². The first-order chi connectivity index (χ1) is 11.9. The average Bonchev–Trinajstić information content (AvgIpc) is 2.60. The first kappa shape index (κ1) is 23.5. The van der Waals surface area contributed by atoms with Crippen LogP contribution in [0.1, 0.15) is 129 Å². The minimum atomic E-state index is 1.13. The van der Waals surface area contributed by atoms with Crippen molar-refractivity contribution in [3.63, 3.8) is 0 Å². The fourth-order valence-electron chi connectivity index (χ4n) is 3.12. The normalized spacial score (nSPS) is 11.9. The lowest BCUT2D eigenvalue weighted by Crippen LogP contribution is -1.82. The topological polar surface area (TPSA) is 0 Å². The number of rotatable bonds is 19. The summed E-state index contributed by atoms with van der Waals surface area (Å²) >= 11 is 0. The maximum Gasteiger partial charge on any atom is -0.0169 e. The third-order valence-electron chi connectivity index (χ3n) is 4.80. The second-order valence-electron chi connectivity index (χ2n) is 7.35. The summed E-state index contributed by atoms with van der Waals surface area (Å²) in [6.45, 7) is 4.56. The predicted octanol–water partition coefficient (Wildman–Crippen LogP) is 9.16. The largest absolute Gasteiger partial charge is 0.0882 e. The van der Waals surface area contributed by atoms with Crippen LogP contribution in [0.15, 0.2) is 24.3 Å². The molecule has 0 aromatic carbocycles. The molecule has 0 unspecified atom stereocenters. The minimum Gasteiger partial charge on any atom is -0.0882 e. The Morgan fingerprint density at radius 2 is 0.708 bits per heavy atom. The Kier molecular flexibility index (Phi) is 22.0. The minimum absolute atomic E-state index is 1.13. The van der Waals surface area contributed by atoms with Crippen molar-refractivity contribution in [3.8, 4) is 0 Å². The zero-order valence-corrected chi connectivity index (χ0v) is 17.0. The summed E-state index contributed by atoms with van der Waals surface area (Å²) in [4.78, 5) is 0. The third-order valence-corrected chi connectivity index (χ3v) is 4.80. The molecule has 0 heterocycles. The highest BCUT2D eigenvalue weighted by atomic mass is 14.0. The van der Waals surface area contributed by atoms with Crippen LogP contribution >= 0.6 is 0 Å². The second kappa shape index (κ2) is 22.5. The molecule has 0 aliphatic heterocycles. The fraction of sp³-hybridized carbons (Fsp3) is 0.833. The van der Waals surface area contributed by atoms with Crippen LogP contribution in [-0.4, -0.2) is 0 Å². The number of allylic oxidation sites excluding steroid dienone is 4. The zero-order valence-electron chi connectivity index (χ0n) is 17.0. The van der Waals surface area contributed by atoms with Gasteiger partial charge in [-0.15, -0.1) is 0 Å². The molecule has 0 rings (SSSR count). The van der Waals surface area contributed by atoms with Gasteiger partial charge < -0.3 is 0 Å². The van der Waals surface area contributed by atoms with Crippen molar-refractivity contribution >= 4 is 0 Å². The van der Waals surface area contributed by atoms with E-state index in [-0.39, 0.29) is 0 Å². The predicted molar refractivity (Wildman–Crippen MR) is 113 cm³/mol. The van der Waals surface area contributed by atoms with Crippen LogP contribution in [0.4, 0.5) is 0 Å². The third kappa shape index (κ3) is 21.5. The highest BCUT2D eigenvalue weighted by Crippen LogP contribution is 2.12. The molecule has 0 aliphatic carbocycles. The smallest absolute Gasteiger partial charge is 0.0169 e. The average molecular weight is 335 g/mol. The molecule has 0 fully saturated rings. The van der Waals surface area contributed by atoms with E-state index in [1.807, 2.05) is 0 Å². The lowest BCUT2D eigenvalue weighted by molar-refractivity contribution is 0.545. The van der Waals surface area contributed by atoms with Crippen LogP contribution in [0.3, 0.4) is 0 Å². The summed E-state index contributed by atoms with van der Waals surface area (Å²) in [7, 11) is 0. The molecule has 0 atom stereocenters. The van der Waals surface area contributed by atoms with E-state index in [4.69, 9.17) is 0 Å². The van der Waals surface area contributed by atoms with Gasteiger partial charge in [0.1, 0.15) is 0 Å². The lowest BCUT2D eigenvalue weighted by Gasteiger charge is -2.02. The van der Waals surface area contributed by atoms with E-state index in [9.17, 15) is 0 Å². The van der Waals surface area contributed by atoms with Gasteiger partial charge in [-0.2, -0.15) is 0 Å². The zero-order chi connectivity index (χ0) is 17.6. The van der Waals surface area contributed by atoms with E-state index in [1.165, 1.54) is 109 Å². The molecular weight excluding hydrogens is 288 g/mol. The van der Waals surface area contributed by atoms with Gasteiger partial charge >= 0.3 is 0 Å². The number of unbranched alkanes of at least 4 members (excludes halogenated alkanes) is 15. The van der Waals surface area contributed by atoms with E-state index < -0.39 is 0 Å². The molecule has 24 heavy (non-hydrogen) atoms. The van der Waals surface area contributed by atoms with Gasteiger partial charge in [0.2, 0.25) is 0 Å². The Bertz CT molecular complexity index is 261. The standard InChI is InChI=1S/C24H46/c1-3-5-7-9-11-13-15-17-19-21-23-24-22-20-18-16-14-12-10-8-6-4-2/h11,13,17,19H,3-10,12,14-16,18,20-24H2,1-2H3/b13-11+,19-17+. The first-order valence-corrected chi connectivity index (χ1v) is 11.2. The maximum atomic E-state index is 2.38. The molecule has 0 saturated carbocycles. The summed E-state index contributed by atoms with van der Waals surface area (Å²) < 4.78 is 0. The van der Waals surface area contributed by atoms with Gasteiger partial charge in [-0.3, -0.25) is 0 Å². The second-order valence-corrected chi connectivity index (χ2v) is 7.35. The molecule has 0 nitrogen and oxygen atoms in total. The Morgan fingerprint density at radius 1 is 0.375 bits per heavy atom. The van der Waals surface area contributed by atoms with Gasteiger partial charge in [-0.05, 0) is 32.1 Å². The van der Waals surface area contributed by atoms with Gasteiger partial charge in [-0.25, -0.2) is 0 Å². The summed E-state index contributed by atoms with van der Waals surface area (Å²) in [5, 5.41) is 0. The van der Waals surface area contributed by atoms with Gasteiger partial charge in [0.05, 0.1) is 0 Å². The van der Waals surface area contributed by atoms with Crippen LogP contribution < -0.4 is 0 Å².